The molecule has 3 heterocycles. The number of nitrogens with zero attached hydrogens (tertiary/aromatic N) is 5. The Morgan fingerprint density at radius 3 is 2.48 bits per heavy atom. The first-order valence-electron chi connectivity index (χ1n) is 8.56. The Bertz CT molecular complexity index is 768. The number of primary amides is 1. The Morgan fingerprint density at radius 1 is 1.16 bits per heavy atom. The lowest BCUT2D eigenvalue weighted by atomic mass is 10.2. The van der Waals surface area contributed by atoms with Crippen LogP contribution in [0.4, 0.5) is 11.6 Å². The molecule has 1 saturated heterocycles. The molecule has 25 heavy (non-hydrogen) atoms. The summed E-state index contributed by atoms with van der Waals surface area (Å²) >= 11 is 0. The van der Waals surface area contributed by atoms with Gasteiger partial charge in [-0.05, 0) is 19.1 Å². The van der Waals surface area contributed by atoms with Gasteiger partial charge < -0.3 is 15.5 Å². The summed E-state index contributed by atoms with van der Waals surface area (Å²) in [5, 5.41) is 0. The lowest BCUT2D eigenvalue weighted by molar-refractivity contribution is 0.100. The third-order valence-electron chi connectivity index (χ3n) is 4.33. The molecule has 2 aromatic heterocycles. The largest absolute Gasteiger partial charge is 0.365 e. The Hall–Kier alpha value is -2.70. The van der Waals surface area contributed by atoms with Gasteiger partial charge in [-0.1, -0.05) is 13.8 Å². The predicted molar refractivity (Wildman–Crippen MR) is 98.0 cm³/mol. The van der Waals surface area contributed by atoms with E-state index < -0.39 is 5.91 Å². The second kappa shape index (κ2) is 7.04. The maximum absolute atomic E-state index is 11.6. The number of piperazine rings is 1. The van der Waals surface area contributed by atoms with Crippen molar-refractivity contribution in [2.24, 2.45) is 5.73 Å². The summed E-state index contributed by atoms with van der Waals surface area (Å²) in [5.41, 5.74) is 6.92. The van der Waals surface area contributed by atoms with E-state index in [1.807, 2.05) is 13.0 Å². The van der Waals surface area contributed by atoms with Gasteiger partial charge in [-0.15, -0.1) is 0 Å². The Morgan fingerprint density at radius 2 is 1.84 bits per heavy atom. The van der Waals surface area contributed by atoms with Crippen LogP contribution in [0.2, 0.25) is 0 Å². The first-order chi connectivity index (χ1) is 12.0. The van der Waals surface area contributed by atoms with Crippen molar-refractivity contribution < 1.29 is 4.79 Å². The lowest BCUT2D eigenvalue weighted by Gasteiger charge is -2.36. The van der Waals surface area contributed by atoms with Gasteiger partial charge in [-0.25, -0.2) is 15.0 Å². The molecule has 7 heteroatoms. The molecule has 1 fully saturated rings. The number of aryl methyl sites for hydroxylation is 1. The molecule has 0 unspecified atom stereocenters. The molecule has 0 atom stereocenters. The van der Waals surface area contributed by atoms with E-state index in [0.717, 1.165) is 43.5 Å². The minimum absolute atomic E-state index is 0.298. The third-order valence-corrected chi connectivity index (χ3v) is 4.33. The van der Waals surface area contributed by atoms with Gasteiger partial charge in [0.2, 0.25) is 0 Å². The Labute approximate surface area is 147 Å². The number of hydrogen-bond acceptors (Lipinski definition) is 6. The highest BCUT2D eigenvalue weighted by Gasteiger charge is 2.23. The van der Waals surface area contributed by atoms with E-state index in [1.54, 1.807) is 18.3 Å². The number of hydrogen-bond donors (Lipinski definition) is 1. The van der Waals surface area contributed by atoms with Crippen LogP contribution in [-0.2, 0) is 0 Å². The van der Waals surface area contributed by atoms with Crippen molar-refractivity contribution >= 4 is 17.5 Å². The number of anilines is 2. The highest BCUT2D eigenvalue weighted by Crippen LogP contribution is 2.22. The van der Waals surface area contributed by atoms with Gasteiger partial charge in [0.25, 0.3) is 5.91 Å². The normalized spacial score (nSPS) is 14.9. The molecule has 132 valence electrons. The molecular formula is C18H24N6O. The number of carbonyl (C=O) groups excluding carboxylic acids is 1. The number of aromatic nitrogens is 3. The van der Waals surface area contributed by atoms with E-state index in [-0.39, 0.29) is 0 Å². The maximum atomic E-state index is 11.6. The van der Waals surface area contributed by atoms with E-state index in [1.165, 1.54) is 0 Å². The van der Waals surface area contributed by atoms with Crippen LogP contribution in [0.3, 0.4) is 0 Å². The molecule has 1 amide bonds. The molecule has 0 radical (unpaired) electrons. The van der Waals surface area contributed by atoms with Crippen molar-refractivity contribution in [3.63, 3.8) is 0 Å². The van der Waals surface area contributed by atoms with Crippen molar-refractivity contribution in [3.8, 4) is 0 Å². The van der Waals surface area contributed by atoms with Crippen LogP contribution in [0.25, 0.3) is 0 Å². The van der Waals surface area contributed by atoms with Crippen molar-refractivity contribution in [1.82, 2.24) is 15.0 Å². The summed E-state index contributed by atoms with van der Waals surface area (Å²) in [4.78, 5) is 29.5. The summed E-state index contributed by atoms with van der Waals surface area (Å²) in [6.45, 7) is 9.34. The zero-order valence-corrected chi connectivity index (χ0v) is 14.9. The average molecular weight is 340 g/mol. The Balaban J connectivity index is 1.76. The molecule has 1 aliphatic rings. The number of amides is 1. The average Bonchev–Trinajstić information content (AvgIpc) is 2.61. The van der Waals surface area contributed by atoms with Crippen LogP contribution in [-0.4, -0.2) is 47.0 Å². The fourth-order valence-corrected chi connectivity index (χ4v) is 2.98. The summed E-state index contributed by atoms with van der Waals surface area (Å²) < 4.78 is 0. The fourth-order valence-electron chi connectivity index (χ4n) is 2.98. The standard InChI is InChI=1S/C18H24N6O/c1-12(2)17-21-13(3)11-15(22-17)23-7-9-24(10-8-23)18-14(16(19)25)5-4-6-20-18/h4-6,11-12H,7-10H2,1-3H3,(H2,19,25). The smallest absolute Gasteiger partial charge is 0.252 e. The number of nitrogens with two attached hydrogens (primary N) is 1. The van der Waals surface area contributed by atoms with Gasteiger partial charge in [0, 0.05) is 50.1 Å². The quantitative estimate of drug-likeness (QED) is 0.912. The van der Waals surface area contributed by atoms with E-state index >= 15 is 0 Å². The van der Waals surface area contributed by atoms with Gasteiger partial charge in [0.15, 0.2) is 0 Å². The van der Waals surface area contributed by atoms with Crippen molar-refractivity contribution in [2.45, 2.75) is 26.7 Å². The van der Waals surface area contributed by atoms with Gasteiger partial charge in [-0.3, -0.25) is 4.79 Å². The van der Waals surface area contributed by atoms with Crippen molar-refractivity contribution in [1.29, 1.82) is 0 Å². The van der Waals surface area contributed by atoms with E-state index in [9.17, 15) is 4.79 Å². The van der Waals surface area contributed by atoms with Gasteiger partial charge in [0.05, 0.1) is 5.56 Å². The second-order valence-electron chi connectivity index (χ2n) is 6.59. The van der Waals surface area contributed by atoms with E-state index in [2.05, 4.69) is 33.6 Å². The minimum atomic E-state index is -0.446. The topological polar surface area (TPSA) is 88.2 Å². The predicted octanol–water partition coefficient (Wildman–Crippen LogP) is 1.73. The monoisotopic (exact) mass is 340 g/mol. The van der Waals surface area contributed by atoms with Gasteiger partial charge in [-0.2, -0.15) is 0 Å². The van der Waals surface area contributed by atoms with Crippen LogP contribution < -0.4 is 15.5 Å². The van der Waals surface area contributed by atoms with Crippen LogP contribution in [0.1, 0.15) is 41.6 Å². The number of pyridine rings is 1. The van der Waals surface area contributed by atoms with Crippen LogP contribution in [0.15, 0.2) is 24.4 Å². The molecule has 2 aromatic rings. The number of carbonyl (C=O) groups is 1. The van der Waals surface area contributed by atoms with Crippen molar-refractivity contribution in [2.75, 3.05) is 36.0 Å². The highest BCUT2D eigenvalue weighted by atomic mass is 16.1. The first kappa shape index (κ1) is 17.1. The van der Waals surface area contributed by atoms with E-state index in [0.29, 0.717) is 17.3 Å². The van der Waals surface area contributed by atoms with E-state index in [4.69, 9.17) is 10.7 Å². The minimum Gasteiger partial charge on any atom is -0.365 e. The molecule has 1 aliphatic heterocycles. The fraction of sp³-hybridized carbons (Fsp3) is 0.444. The zero-order valence-electron chi connectivity index (χ0n) is 14.9. The summed E-state index contributed by atoms with van der Waals surface area (Å²) in [5.74, 6) is 2.35. The molecular weight excluding hydrogens is 316 g/mol. The second-order valence-corrected chi connectivity index (χ2v) is 6.59. The van der Waals surface area contributed by atoms with Crippen molar-refractivity contribution in [3.05, 3.63) is 41.5 Å². The van der Waals surface area contributed by atoms with Gasteiger partial charge in [0.1, 0.15) is 17.5 Å². The molecule has 7 nitrogen and oxygen atoms in total. The Kier molecular flexibility index (Phi) is 4.83. The molecule has 0 bridgehead atoms. The molecule has 0 spiro atoms. The number of rotatable bonds is 4. The van der Waals surface area contributed by atoms with Crippen LogP contribution in [0.5, 0.6) is 0 Å². The highest BCUT2D eigenvalue weighted by molar-refractivity contribution is 5.97. The third kappa shape index (κ3) is 3.70. The maximum Gasteiger partial charge on any atom is 0.252 e. The zero-order chi connectivity index (χ0) is 18.0. The molecule has 0 aromatic carbocycles. The molecule has 0 saturated carbocycles. The summed E-state index contributed by atoms with van der Waals surface area (Å²) in [6.07, 6.45) is 1.69. The first-order valence-corrected chi connectivity index (χ1v) is 8.56. The molecule has 2 N–H and O–H groups in total. The van der Waals surface area contributed by atoms with Crippen LogP contribution >= 0.6 is 0 Å². The lowest BCUT2D eigenvalue weighted by Crippen LogP contribution is -2.47. The molecule has 0 aliphatic carbocycles. The summed E-state index contributed by atoms with van der Waals surface area (Å²) in [6, 6.07) is 5.48. The SMILES string of the molecule is Cc1cc(N2CCN(c3ncccc3C(N)=O)CC2)nc(C(C)C)n1. The van der Waals surface area contributed by atoms with Gasteiger partial charge >= 0.3 is 0 Å². The molecule has 3 rings (SSSR count). The summed E-state index contributed by atoms with van der Waals surface area (Å²) in [7, 11) is 0. The van der Waals surface area contributed by atoms with Crippen LogP contribution in [0, 0.1) is 6.92 Å².